The van der Waals surface area contributed by atoms with Gasteiger partial charge in [-0.3, -0.25) is 0 Å². The van der Waals surface area contributed by atoms with E-state index in [0.29, 0.717) is 12.2 Å². The highest BCUT2D eigenvalue weighted by Gasteiger charge is 2.02. The van der Waals surface area contributed by atoms with Crippen molar-refractivity contribution in [3.8, 4) is 0 Å². The molecule has 0 atom stereocenters. The molecule has 0 aliphatic carbocycles. The second-order valence-electron chi connectivity index (χ2n) is 3.47. The Hall–Kier alpha value is -1.93. The van der Waals surface area contributed by atoms with Gasteiger partial charge in [0.1, 0.15) is 0 Å². The molecule has 2 heterocycles. The van der Waals surface area contributed by atoms with E-state index >= 15 is 0 Å². The lowest BCUT2D eigenvalue weighted by Gasteiger charge is -1.94. The van der Waals surface area contributed by atoms with E-state index < -0.39 is 11.9 Å². The zero-order chi connectivity index (χ0) is 15.0. The molecule has 0 aliphatic rings. The number of nitrogens with zero attached hydrogens (tertiary/aromatic N) is 1. The molecule has 0 bridgehead atoms. The number of imidazole rings is 1. The number of halogens is 1. The molecule has 106 valence electrons. The second kappa shape index (κ2) is 8.28. The Bertz CT molecular complexity index is 576. The third kappa shape index (κ3) is 6.30. The van der Waals surface area contributed by atoms with Crippen LogP contribution in [0.1, 0.15) is 11.3 Å². The van der Waals surface area contributed by atoms with E-state index in [-0.39, 0.29) is 0 Å². The lowest BCUT2D eigenvalue weighted by atomic mass is 10.2. The first-order valence-corrected chi connectivity index (χ1v) is 7.00. The van der Waals surface area contributed by atoms with Gasteiger partial charge in [-0.15, -0.1) is 0 Å². The normalized spacial score (nSPS) is 10.1. The van der Waals surface area contributed by atoms with Crippen molar-refractivity contribution in [2.75, 3.05) is 0 Å². The summed E-state index contributed by atoms with van der Waals surface area (Å²) in [6.45, 7) is 0. The largest absolute Gasteiger partial charge is 0.545 e. The Balaban J connectivity index is 0.000000221. The molecule has 20 heavy (non-hydrogen) atoms. The number of carbonyl (C=O) groups excluding carboxylic acids is 2. The van der Waals surface area contributed by atoms with Crippen LogP contribution < -0.4 is 10.2 Å². The summed E-state index contributed by atoms with van der Waals surface area (Å²) < 4.78 is 1.18. The van der Waals surface area contributed by atoms with E-state index in [9.17, 15) is 19.8 Å². The lowest BCUT2D eigenvalue weighted by Crippen LogP contribution is -2.23. The topological polar surface area (TPSA) is 109 Å². The number of carbonyl (C=O) groups is 2. The van der Waals surface area contributed by atoms with Crippen LogP contribution in [0.25, 0.3) is 0 Å². The maximum absolute atomic E-state index is 9.41. The molecule has 2 aromatic rings. The van der Waals surface area contributed by atoms with Gasteiger partial charge in [0, 0.05) is 28.2 Å². The van der Waals surface area contributed by atoms with Crippen molar-refractivity contribution in [2.45, 2.75) is 6.42 Å². The zero-order valence-electron chi connectivity index (χ0n) is 10.0. The van der Waals surface area contributed by atoms with Crippen molar-refractivity contribution < 1.29 is 19.8 Å². The van der Waals surface area contributed by atoms with Gasteiger partial charge in [-0.1, -0.05) is 0 Å². The van der Waals surface area contributed by atoms with E-state index in [2.05, 4.69) is 36.7 Å². The van der Waals surface area contributed by atoms with Gasteiger partial charge in [-0.2, -0.15) is 11.3 Å². The molecule has 0 radical (unpaired) electrons. The highest BCUT2D eigenvalue weighted by atomic mass is 79.9. The molecule has 2 rings (SSSR count). The summed E-state index contributed by atoms with van der Waals surface area (Å²) in [5.41, 5.74) is 2.46. The van der Waals surface area contributed by atoms with Crippen LogP contribution in [0.2, 0.25) is 0 Å². The van der Waals surface area contributed by atoms with E-state index in [1.54, 1.807) is 17.7 Å². The summed E-state index contributed by atoms with van der Waals surface area (Å²) in [6, 6.07) is 0. The van der Waals surface area contributed by atoms with E-state index in [1.165, 1.54) is 10.0 Å². The maximum atomic E-state index is 9.41. The molecule has 8 heteroatoms. The first kappa shape index (κ1) is 16.1. The van der Waals surface area contributed by atoms with Crippen LogP contribution in [0.3, 0.4) is 0 Å². The van der Waals surface area contributed by atoms with Crippen molar-refractivity contribution in [3.63, 3.8) is 0 Å². The Morgan fingerprint density at radius 2 is 1.95 bits per heavy atom. The summed E-state index contributed by atoms with van der Waals surface area (Å²) in [7, 11) is 0. The molecule has 0 saturated heterocycles. The van der Waals surface area contributed by atoms with Gasteiger partial charge in [-0.05, 0) is 39.0 Å². The molecular weight excluding hydrogens is 348 g/mol. The summed E-state index contributed by atoms with van der Waals surface area (Å²) in [4.78, 5) is 25.9. The highest BCUT2D eigenvalue weighted by molar-refractivity contribution is 9.10. The Kier molecular flexibility index (Phi) is 6.68. The Morgan fingerprint density at radius 1 is 1.30 bits per heavy atom. The number of thiophene rings is 1. The quantitative estimate of drug-likeness (QED) is 0.767. The highest BCUT2D eigenvalue weighted by Crippen LogP contribution is 2.23. The number of hydrogen-bond acceptors (Lipinski definition) is 6. The van der Waals surface area contributed by atoms with Gasteiger partial charge in [0.2, 0.25) is 0 Å². The van der Waals surface area contributed by atoms with Crippen LogP contribution in [-0.2, 0) is 16.0 Å². The monoisotopic (exact) mass is 356 g/mol. The number of nitrogens with one attached hydrogen (secondary N) is 1. The van der Waals surface area contributed by atoms with Crippen molar-refractivity contribution >= 4 is 39.2 Å². The van der Waals surface area contributed by atoms with Gasteiger partial charge in [0.15, 0.2) is 0 Å². The van der Waals surface area contributed by atoms with Gasteiger partial charge >= 0.3 is 0 Å². The standard InChI is InChI=1S/C8H7BrN2S.C4H4O4/c9-8-4-12-3-6(8)1-7-2-10-5-11-7;5-3(6)1-2-4(7)8/h2-5H,1H2,(H,10,11);1-2H,(H,5,6)(H,7,8)/p-2/b;2-1+. The average Bonchev–Trinajstić information content (AvgIpc) is 3.01. The minimum atomic E-state index is -1.55. The third-order valence-corrected chi connectivity index (χ3v) is 3.81. The number of rotatable bonds is 4. The van der Waals surface area contributed by atoms with E-state index in [1.807, 2.05) is 6.20 Å². The van der Waals surface area contributed by atoms with Crippen molar-refractivity contribution in [1.29, 1.82) is 0 Å². The number of carboxylic acid groups (broad SMARTS) is 2. The predicted octanol–water partition coefficient (Wildman–Crippen LogP) is -0.133. The third-order valence-electron chi connectivity index (χ3n) is 1.98. The molecule has 0 spiro atoms. The fourth-order valence-corrected chi connectivity index (χ4v) is 2.60. The molecule has 0 saturated carbocycles. The van der Waals surface area contributed by atoms with Crippen LogP contribution in [0.5, 0.6) is 0 Å². The van der Waals surface area contributed by atoms with Crippen LogP contribution in [0.4, 0.5) is 0 Å². The minimum Gasteiger partial charge on any atom is -0.545 e. The molecule has 0 aliphatic heterocycles. The smallest absolute Gasteiger partial charge is 0.0921 e. The number of aromatic amines is 1. The fraction of sp³-hybridized carbons (Fsp3) is 0.0833. The number of aromatic nitrogens is 2. The van der Waals surface area contributed by atoms with Gasteiger partial charge in [-0.25, -0.2) is 4.98 Å². The van der Waals surface area contributed by atoms with Crippen molar-refractivity contribution in [2.24, 2.45) is 0 Å². The SMILES string of the molecule is Brc1cscc1Cc1cnc[nH]1.O=C([O-])/C=C/C(=O)[O-]. The Labute approximate surface area is 126 Å². The van der Waals surface area contributed by atoms with Crippen LogP contribution in [0.15, 0.2) is 39.9 Å². The van der Waals surface area contributed by atoms with Crippen LogP contribution >= 0.6 is 27.3 Å². The van der Waals surface area contributed by atoms with Gasteiger partial charge in [0.25, 0.3) is 0 Å². The Morgan fingerprint density at radius 3 is 2.35 bits per heavy atom. The van der Waals surface area contributed by atoms with Gasteiger partial charge in [0.05, 0.1) is 18.3 Å². The summed E-state index contributed by atoms with van der Waals surface area (Å²) >= 11 is 5.20. The number of hydrogen-bond donors (Lipinski definition) is 1. The number of aliphatic carboxylic acids is 2. The van der Waals surface area contributed by atoms with Crippen molar-refractivity contribution in [3.05, 3.63) is 51.2 Å². The number of carboxylic acids is 2. The lowest BCUT2D eigenvalue weighted by molar-refractivity contribution is -0.301. The first-order valence-electron chi connectivity index (χ1n) is 5.27. The zero-order valence-corrected chi connectivity index (χ0v) is 12.4. The van der Waals surface area contributed by atoms with Crippen molar-refractivity contribution in [1.82, 2.24) is 9.97 Å². The van der Waals surface area contributed by atoms with Crippen LogP contribution in [0, 0.1) is 0 Å². The fourth-order valence-electron chi connectivity index (χ4n) is 1.16. The van der Waals surface area contributed by atoms with E-state index in [4.69, 9.17) is 0 Å². The average molecular weight is 357 g/mol. The summed E-state index contributed by atoms with van der Waals surface area (Å²) in [6.07, 6.45) is 5.24. The second-order valence-corrected chi connectivity index (χ2v) is 5.07. The minimum absolute atomic E-state index is 0.384. The van der Waals surface area contributed by atoms with Gasteiger partial charge < -0.3 is 24.8 Å². The molecule has 0 amide bonds. The molecule has 0 aromatic carbocycles. The summed E-state index contributed by atoms with van der Waals surface area (Å²) in [5, 5.41) is 23.1. The molecule has 0 fully saturated rings. The summed E-state index contributed by atoms with van der Waals surface area (Å²) in [5.74, 6) is -3.09. The number of H-pyrrole nitrogens is 1. The predicted molar refractivity (Wildman–Crippen MR) is 72.6 cm³/mol. The first-order chi connectivity index (χ1) is 9.49. The molecule has 2 aromatic heterocycles. The molecule has 0 unspecified atom stereocenters. The molecular formula is C12H9BrN2O4S-2. The molecule has 1 N–H and O–H groups in total. The van der Waals surface area contributed by atoms with E-state index in [0.717, 1.165) is 12.1 Å². The molecule has 6 nitrogen and oxygen atoms in total. The van der Waals surface area contributed by atoms with Crippen LogP contribution in [-0.4, -0.2) is 21.9 Å². The maximum Gasteiger partial charge on any atom is 0.0921 e.